The van der Waals surface area contributed by atoms with Crippen LogP contribution < -0.4 is 14.8 Å². The molecule has 1 N–H and O–H groups in total. The molecular weight excluding hydrogens is 392 g/mol. The highest BCUT2D eigenvalue weighted by molar-refractivity contribution is 5.96. The van der Waals surface area contributed by atoms with E-state index in [0.29, 0.717) is 24.8 Å². The first-order chi connectivity index (χ1) is 15.0. The summed E-state index contributed by atoms with van der Waals surface area (Å²) in [5.74, 6) is 1.83. The SMILES string of the molecule is COc1ccc(C(=O)N2CCC[C@H](COc3ccc(C(=O)NC4CC4)cc3)C2)c(C)c1. The van der Waals surface area contributed by atoms with Crippen molar-refractivity contribution in [2.75, 3.05) is 26.8 Å². The Morgan fingerprint density at radius 1 is 1.06 bits per heavy atom. The molecule has 2 fully saturated rings. The molecule has 1 saturated carbocycles. The van der Waals surface area contributed by atoms with E-state index in [0.717, 1.165) is 54.9 Å². The van der Waals surface area contributed by atoms with Gasteiger partial charge in [-0.1, -0.05) is 0 Å². The lowest BCUT2D eigenvalue weighted by molar-refractivity contribution is 0.0632. The summed E-state index contributed by atoms with van der Waals surface area (Å²) < 4.78 is 11.2. The minimum Gasteiger partial charge on any atom is -0.497 e. The minimum absolute atomic E-state index is 0.0238. The molecule has 2 aromatic carbocycles. The fourth-order valence-electron chi connectivity index (χ4n) is 3.97. The first-order valence-electron chi connectivity index (χ1n) is 11.0. The second-order valence-electron chi connectivity index (χ2n) is 8.52. The van der Waals surface area contributed by atoms with Crippen LogP contribution in [-0.2, 0) is 0 Å². The summed E-state index contributed by atoms with van der Waals surface area (Å²) in [6.07, 6.45) is 4.15. The molecule has 2 aliphatic rings. The van der Waals surface area contributed by atoms with E-state index in [2.05, 4.69) is 5.32 Å². The highest BCUT2D eigenvalue weighted by Gasteiger charge is 2.26. The Balaban J connectivity index is 1.30. The number of methoxy groups -OCH3 is 1. The number of rotatable bonds is 7. The largest absolute Gasteiger partial charge is 0.497 e. The molecule has 1 aliphatic carbocycles. The fraction of sp³-hybridized carbons (Fsp3) is 0.440. The maximum absolute atomic E-state index is 13.0. The summed E-state index contributed by atoms with van der Waals surface area (Å²) in [6.45, 7) is 3.95. The zero-order valence-electron chi connectivity index (χ0n) is 18.2. The Morgan fingerprint density at radius 3 is 2.48 bits per heavy atom. The molecule has 0 bridgehead atoms. The van der Waals surface area contributed by atoms with Crippen molar-refractivity contribution in [3.8, 4) is 11.5 Å². The van der Waals surface area contributed by atoms with E-state index in [1.165, 1.54) is 0 Å². The first-order valence-corrected chi connectivity index (χ1v) is 11.0. The highest BCUT2D eigenvalue weighted by Crippen LogP contribution is 2.24. The summed E-state index contributed by atoms with van der Waals surface area (Å²) in [7, 11) is 1.63. The Hall–Kier alpha value is -3.02. The second-order valence-corrected chi connectivity index (χ2v) is 8.52. The van der Waals surface area contributed by atoms with Gasteiger partial charge in [-0.3, -0.25) is 9.59 Å². The molecule has 1 saturated heterocycles. The molecule has 6 nitrogen and oxygen atoms in total. The number of likely N-dealkylation sites (tertiary alicyclic amines) is 1. The summed E-state index contributed by atoms with van der Waals surface area (Å²) in [5.41, 5.74) is 2.31. The highest BCUT2D eigenvalue weighted by atomic mass is 16.5. The molecule has 0 radical (unpaired) electrons. The van der Waals surface area contributed by atoms with E-state index in [9.17, 15) is 9.59 Å². The van der Waals surface area contributed by atoms with Crippen molar-refractivity contribution in [1.29, 1.82) is 0 Å². The molecule has 0 aromatic heterocycles. The van der Waals surface area contributed by atoms with Gasteiger partial charge in [-0.2, -0.15) is 0 Å². The Kier molecular flexibility index (Phi) is 6.44. The van der Waals surface area contributed by atoms with Gasteiger partial charge in [0.2, 0.25) is 0 Å². The summed E-state index contributed by atoms with van der Waals surface area (Å²) in [4.78, 5) is 27.0. The summed E-state index contributed by atoms with van der Waals surface area (Å²) in [6, 6.07) is 13.2. The standard InChI is InChI=1S/C25H30N2O4/c1-17-14-22(30-2)11-12-23(17)25(29)27-13-3-4-18(15-27)16-31-21-9-5-19(6-10-21)24(28)26-20-7-8-20/h5-6,9-12,14,18,20H,3-4,7-8,13,15-16H2,1-2H3,(H,26,28)/t18-/m0/s1. The van der Waals surface area contributed by atoms with Crippen molar-refractivity contribution >= 4 is 11.8 Å². The Morgan fingerprint density at radius 2 is 1.81 bits per heavy atom. The van der Waals surface area contributed by atoms with Crippen LogP contribution in [0.25, 0.3) is 0 Å². The van der Waals surface area contributed by atoms with Gasteiger partial charge in [0.1, 0.15) is 11.5 Å². The molecule has 0 spiro atoms. The topological polar surface area (TPSA) is 67.9 Å². The summed E-state index contributed by atoms with van der Waals surface area (Å²) >= 11 is 0. The van der Waals surface area contributed by atoms with E-state index < -0.39 is 0 Å². The van der Waals surface area contributed by atoms with Crippen molar-refractivity contribution in [1.82, 2.24) is 10.2 Å². The van der Waals surface area contributed by atoms with Crippen LogP contribution in [0.2, 0.25) is 0 Å². The number of carbonyl (C=O) groups excluding carboxylic acids is 2. The van der Waals surface area contributed by atoms with E-state index in [1.54, 1.807) is 19.2 Å². The average molecular weight is 423 g/mol. The van der Waals surface area contributed by atoms with Crippen molar-refractivity contribution < 1.29 is 19.1 Å². The van der Waals surface area contributed by atoms with Crippen molar-refractivity contribution in [2.45, 2.75) is 38.6 Å². The third-order valence-corrected chi connectivity index (χ3v) is 5.98. The van der Waals surface area contributed by atoms with Crippen LogP contribution in [0.5, 0.6) is 11.5 Å². The number of nitrogens with zero attached hydrogens (tertiary/aromatic N) is 1. The van der Waals surface area contributed by atoms with Gasteiger partial charge in [-0.05, 0) is 80.6 Å². The van der Waals surface area contributed by atoms with Crippen LogP contribution in [0.4, 0.5) is 0 Å². The van der Waals surface area contributed by atoms with Gasteiger partial charge in [-0.25, -0.2) is 0 Å². The van der Waals surface area contributed by atoms with Gasteiger partial charge >= 0.3 is 0 Å². The lowest BCUT2D eigenvalue weighted by Crippen LogP contribution is -2.41. The van der Waals surface area contributed by atoms with E-state index in [-0.39, 0.29) is 17.7 Å². The smallest absolute Gasteiger partial charge is 0.254 e. The van der Waals surface area contributed by atoms with E-state index >= 15 is 0 Å². The van der Waals surface area contributed by atoms with Gasteiger partial charge in [0, 0.05) is 36.2 Å². The molecule has 6 heteroatoms. The van der Waals surface area contributed by atoms with E-state index in [1.807, 2.05) is 42.2 Å². The van der Waals surface area contributed by atoms with E-state index in [4.69, 9.17) is 9.47 Å². The zero-order valence-corrected chi connectivity index (χ0v) is 18.2. The zero-order chi connectivity index (χ0) is 21.8. The Bertz CT molecular complexity index is 937. The van der Waals surface area contributed by atoms with Gasteiger partial charge in [0.05, 0.1) is 13.7 Å². The number of amides is 2. The molecule has 1 aliphatic heterocycles. The van der Waals surface area contributed by atoms with Crippen LogP contribution in [0.3, 0.4) is 0 Å². The predicted octanol–water partition coefficient (Wildman–Crippen LogP) is 3.83. The molecule has 2 amide bonds. The quantitative estimate of drug-likeness (QED) is 0.736. The van der Waals surface area contributed by atoms with Gasteiger partial charge in [-0.15, -0.1) is 0 Å². The van der Waals surface area contributed by atoms with Crippen molar-refractivity contribution in [3.63, 3.8) is 0 Å². The van der Waals surface area contributed by atoms with Crippen molar-refractivity contribution in [2.24, 2.45) is 5.92 Å². The van der Waals surface area contributed by atoms with Crippen LogP contribution >= 0.6 is 0 Å². The lowest BCUT2D eigenvalue weighted by Gasteiger charge is -2.33. The van der Waals surface area contributed by atoms with Gasteiger partial charge < -0.3 is 19.7 Å². The van der Waals surface area contributed by atoms with Crippen molar-refractivity contribution in [3.05, 3.63) is 59.2 Å². The number of piperidine rings is 1. The van der Waals surface area contributed by atoms with Crippen LogP contribution in [0.1, 0.15) is 52.0 Å². The molecule has 2 aromatic rings. The number of hydrogen-bond donors (Lipinski definition) is 1. The maximum Gasteiger partial charge on any atom is 0.254 e. The maximum atomic E-state index is 13.0. The summed E-state index contributed by atoms with van der Waals surface area (Å²) in [5, 5.41) is 2.99. The minimum atomic E-state index is -0.0238. The Labute approximate surface area is 183 Å². The number of carbonyl (C=O) groups is 2. The van der Waals surface area contributed by atoms with Gasteiger partial charge in [0.15, 0.2) is 0 Å². The third-order valence-electron chi connectivity index (χ3n) is 5.98. The van der Waals surface area contributed by atoms with Gasteiger partial charge in [0.25, 0.3) is 11.8 Å². The first kappa shape index (κ1) is 21.2. The van der Waals surface area contributed by atoms with Crippen LogP contribution in [0, 0.1) is 12.8 Å². The molecule has 4 rings (SSSR count). The normalized spacial score (nSPS) is 18.4. The second kappa shape index (κ2) is 9.41. The average Bonchev–Trinajstić information content (AvgIpc) is 3.61. The molecule has 1 heterocycles. The van der Waals surface area contributed by atoms with Crippen LogP contribution in [-0.4, -0.2) is 49.6 Å². The predicted molar refractivity (Wildman–Crippen MR) is 119 cm³/mol. The number of nitrogens with one attached hydrogen (secondary N) is 1. The fourth-order valence-corrected chi connectivity index (χ4v) is 3.97. The molecule has 1 atom stereocenters. The molecule has 31 heavy (non-hydrogen) atoms. The number of aryl methyl sites for hydroxylation is 1. The number of benzene rings is 2. The third kappa shape index (κ3) is 5.37. The van der Waals surface area contributed by atoms with Crippen LogP contribution in [0.15, 0.2) is 42.5 Å². The lowest BCUT2D eigenvalue weighted by atomic mass is 9.97. The molecular formula is C25H30N2O4. The number of ether oxygens (including phenoxy) is 2. The molecule has 164 valence electrons. The molecule has 0 unspecified atom stereocenters. The number of hydrogen-bond acceptors (Lipinski definition) is 4. The monoisotopic (exact) mass is 422 g/mol.